The molecule has 5 atom stereocenters. The summed E-state index contributed by atoms with van der Waals surface area (Å²) in [6.45, 7) is 0.0673. The van der Waals surface area contributed by atoms with Crippen LogP contribution >= 0.6 is 0 Å². The van der Waals surface area contributed by atoms with Gasteiger partial charge in [-0.05, 0) is 6.42 Å². The van der Waals surface area contributed by atoms with Gasteiger partial charge in [-0.2, -0.15) is 13.2 Å². The zero-order chi connectivity index (χ0) is 19.2. The van der Waals surface area contributed by atoms with Gasteiger partial charge in [0.1, 0.15) is 24.4 Å². The van der Waals surface area contributed by atoms with Crippen molar-refractivity contribution in [3.8, 4) is 0 Å². The Balaban J connectivity index is 2.52. The maximum Gasteiger partial charge on any atom is 0.471 e. The van der Waals surface area contributed by atoms with Crippen molar-refractivity contribution in [2.75, 3.05) is 19.8 Å². The predicted octanol–water partition coefficient (Wildman–Crippen LogP) is -1.98. The lowest BCUT2D eigenvalue weighted by Crippen LogP contribution is -2.64. The van der Waals surface area contributed by atoms with Gasteiger partial charge in [-0.1, -0.05) is 0 Å². The molecule has 0 aromatic heterocycles. The fourth-order valence-electron chi connectivity index (χ4n) is 2.19. The molecule has 0 unspecified atom stereocenters. The van der Waals surface area contributed by atoms with Crippen molar-refractivity contribution in [3.05, 3.63) is 0 Å². The van der Waals surface area contributed by atoms with Gasteiger partial charge >= 0.3 is 12.1 Å². The van der Waals surface area contributed by atoms with Crippen LogP contribution in [-0.4, -0.2) is 83.7 Å². The van der Waals surface area contributed by atoms with Crippen LogP contribution in [0.25, 0.3) is 0 Å². The molecule has 2 amide bonds. The number of aliphatic hydroxyl groups excluding tert-OH is 3. The summed E-state index contributed by atoms with van der Waals surface area (Å²) in [6.07, 6.45) is -10.3. The summed E-state index contributed by atoms with van der Waals surface area (Å²) in [5, 5.41) is 32.9. The Morgan fingerprint density at radius 2 is 1.88 bits per heavy atom. The molecule has 0 aliphatic carbocycles. The van der Waals surface area contributed by atoms with E-state index < -0.39 is 55.2 Å². The minimum atomic E-state index is -4.97. The van der Waals surface area contributed by atoms with Gasteiger partial charge < -0.3 is 35.4 Å². The number of alkyl halides is 3. The molecule has 5 N–H and O–H groups in total. The van der Waals surface area contributed by atoms with Gasteiger partial charge in [-0.3, -0.25) is 9.59 Å². The average Bonchev–Trinajstić information content (AvgIpc) is 2.51. The first-order valence-electron chi connectivity index (χ1n) is 7.44. The zero-order valence-corrected chi connectivity index (χ0v) is 13.3. The molecule has 1 rings (SSSR count). The van der Waals surface area contributed by atoms with Gasteiger partial charge in [0.05, 0.1) is 13.2 Å². The highest BCUT2D eigenvalue weighted by Crippen LogP contribution is 2.22. The van der Waals surface area contributed by atoms with Crippen LogP contribution in [0.4, 0.5) is 13.2 Å². The average molecular weight is 374 g/mol. The Morgan fingerprint density at radius 1 is 1.24 bits per heavy atom. The Hall–Kier alpha value is -1.47. The quantitative estimate of drug-likeness (QED) is 0.326. The topological polar surface area (TPSA) is 137 Å². The smallest absolute Gasteiger partial charge is 0.394 e. The summed E-state index contributed by atoms with van der Waals surface area (Å²) in [7, 11) is 0. The highest BCUT2D eigenvalue weighted by Gasteiger charge is 2.45. The minimum absolute atomic E-state index is 0.00306. The van der Waals surface area contributed by atoms with E-state index in [1.54, 1.807) is 5.32 Å². The van der Waals surface area contributed by atoms with E-state index in [1.165, 1.54) is 6.92 Å². The number of aliphatic hydroxyl groups is 3. The number of nitrogens with one attached hydrogen (secondary N) is 2. The Bertz CT molecular complexity index is 463. The van der Waals surface area contributed by atoms with Crippen molar-refractivity contribution in [1.82, 2.24) is 10.6 Å². The molecule has 1 aliphatic heterocycles. The first-order valence-corrected chi connectivity index (χ1v) is 7.44. The van der Waals surface area contributed by atoms with Crippen LogP contribution < -0.4 is 10.6 Å². The van der Waals surface area contributed by atoms with Gasteiger partial charge in [-0.15, -0.1) is 0 Å². The van der Waals surface area contributed by atoms with E-state index >= 15 is 0 Å². The molecule has 12 heteroatoms. The van der Waals surface area contributed by atoms with Gasteiger partial charge in [0.25, 0.3) is 0 Å². The molecule has 1 heterocycles. The third-order valence-electron chi connectivity index (χ3n) is 3.40. The number of rotatable bonds is 7. The number of amides is 2. The van der Waals surface area contributed by atoms with Crippen molar-refractivity contribution in [2.24, 2.45) is 0 Å². The van der Waals surface area contributed by atoms with Gasteiger partial charge in [0, 0.05) is 13.5 Å². The lowest BCUT2D eigenvalue weighted by atomic mass is 9.97. The second kappa shape index (κ2) is 9.29. The molecule has 0 aromatic carbocycles. The Labute approximate surface area is 141 Å². The van der Waals surface area contributed by atoms with Crippen molar-refractivity contribution in [2.45, 2.75) is 50.2 Å². The molecule has 1 fully saturated rings. The van der Waals surface area contributed by atoms with Crippen LogP contribution in [-0.2, 0) is 19.1 Å². The second-order valence-corrected chi connectivity index (χ2v) is 5.41. The van der Waals surface area contributed by atoms with Crippen molar-refractivity contribution < 1.29 is 47.6 Å². The Kier molecular flexibility index (Phi) is 8.02. The van der Waals surface area contributed by atoms with E-state index in [-0.39, 0.29) is 19.6 Å². The van der Waals surface area contributed by atoms with E-state index in [4.69, 9.17) is 14.6 Å². The number of hydrogen-bond donors (Lipinski definition) is 5. The highest BCUT2D eigenvalue weighted by molar-refractivity contribution is 5.81. The maximum absolute atomic E-state index is 12.0. The maximum atomic E-state index is 12.0. The number of carbonyl (C=O) groups excluding carboxylic acids is 2. The SMILES string of the molecule is CC(=O)N[C@H]1[C@@H](OCCCNC(=O)C(F)(F)F)O[C@H](CO)[C@H](O)[C@@H]1O. The normalized spacial score (nSPS) is 30.0. The van der Waals surface area contributed by atoms with E-state index in [0.29, 0.717) is 0 Å². The van der Waals surface area contributed by atoms with Crippen molar-refractivity contribution in [1.29, 1.82) is 0 Å². The molecule has 146 valence electrons. The number of carbonyl (C=O) groups is 2. The summed E-state index contributed by atoms with van der Waals surface area (Å²) in [5.74, 6) is -2.61. The summed E-state index contributed by atoms with van der Waals surface area (Å²) in [4.78, 5) is 21.8. The lowest BCUT2D eigenvalue weighted by Gasteiger charge is -2.42. The molecule has 0 aromatic rings. The lowest BCUT2D eigenvalue weighted by molar-refractivity contribution is -0.270. The molecule has 0 radical (unpaired) electrons. The summed E-state index contributed by atoms with van der Waals surface area (Å²) < 4.78 is 46.5. The fraction of sp³-hybridized carbons (Fsp3) is 0.846. The van der Waals surface area contributed by atoms with Crippen LogP contribution in [0.15, 0.2) is 0 Å². The van der Waals surface area contributed by atoms with E-state index in [0.717, 1.165) is 0 Å². The fourth-order valence-corrected chi connectivity index (χ4v) is 2.19. The third kappa shape index (κ3) is 6.40. The van der Waals surface area contributed by atoms with Gasteiger partial charge in [0.2, 0.25) is 5.91 Å². The zero-order valence-electron chi connectivity index (χ0n) is 13.3. The molecule has 25 heavy (non-hydrogen) atoms. The first-order chi connectivity index (χ1) is 11.6. The van der Waals surface area contributed by atoms with Crippen molar-refractivity contribution >= 4 is 11.8 Å². The molecular formula is C13H21F3N2O7. The van der Waals surface area contributed by atoms with Crippen LogP contribution in [0, 0.1) is 0 Å². The van der Waals surface area contributed by atoms with Crippen LogP contribution in [0.5, 0.6) is 0 Å². The van der Waals surface area contributed by atoms with Gasteiger partial charge in [0.15, 0.2) is 6.29 Å². The first kappa shape index (κ1) is 21.6. The summed E-state index contributed by atoms with van der Waals surface area (Å²) in [6, 6.07) is -1.14. The number of hydrogen-bond acceptors (Lipinski definition) is 7. The monoisotopic (exact) mass is 374 g/mol. The molecule has 1 aliphatic rings. The molecule has 9 nitrogen and oxygen atoms in total. The van der Waals surface area contributed by atoms with Crippen LogP contribution in [0.2, 0.25) is 0 Å². The molecule has 0 spiro atoms. The Morgan fingerprint density at radius 3 is 2.40 bits per heavy atom. The molecule has 0 bridgehead atoms. The van der Waals surface area contributed by atoms with Gasteiger partial charge in [-0.25, -0.2) is 0 Å². The molecular weight excluding hydrogens is 353 g/mol. The highest BCUT2D eigenvalue weighted by atomic mass is 19.4. The van der Waals surface area contributed by atoms with E-state index in [9.17, 15) is 33.0 Å². The summed E-state index contributed by atoms with van der Waals surface area (Å²) in [5.41, 5.74) is 0. The van der Waals surface area contributed by atoms with E-state index in [2.05, 4.69) is 5.32 Å². The van der Waals surface area contributed by atoms with Crippen LogP contribution in [0.3, 0.4) is 0 Å². The number of ether oxygens (including phenoxy) is 2. The number of halogens is 3. The standard InChI is InChI=1S/C13H21F3N2O7/c1-6(20)18-8-10(22)9(21)7(5-19)25-11(8)24-4-2-3-17-12(23)13(14,15)16/h7-11,19,21-22H,2-5H2,1H3,(H,17,23)(H,18,20)/t7-,8-,9+,10-,11+/m1/s1. The second-order valence-electron chi connectivity index (χ2n) is 5.41. The molecule has 0 saturated carbocycles. The third-order valence-corrected chi connectivity index (χ3v) is 3.40. The summed E-state index contributed by atoms with van der Waals surface area (Å²) >= 11 is 0. The van der Waals surface area contributed by atoms with Crippen LogP contribution in [0.1, 0.15) is 13.3 Å². The van der Waals surface area contributed by atoms with E-state index in [1.807, 2.05) is 0 Å². The largest absolute Gasteiger partial charge is 0.471 e. The van der Waals surface area contributed by atoms with Crippen molar-refractivity contribution in [3.63, 3.8) is 0 Å². The minimum Gasteiger partial charge on any atom is -0.394 e. The molecule has 1 saturated heterocycles. The predicted molar refractivity (Wildman–Crippen MR) is 75.0 cm³/mol.